The topological polar surface area (TPSA) is 150 Å². The van der Waals surface area contributed by atoms with Crippen molar-refractivity contribution < 1.29 is 42.1 Å². The fourth-order valence-corrected chi connectivity index (χ4v) is 6.02. The summed E-state index contributed by atoms with van der Waals surface area (Å²) in [4.78, 5) is 38.1. The molecule has 1 fully saturated rings. The Labute approximate surface area is 287 Å². The molecule has 0 bridgehead atoms. The molecule has 0 radical (unpaired) electrons. The number of carbonyl (C=O) groups excluding carboxylic acids is 1. The number of alkyl halides is 3. The first-order valence-electron chi connectivity index (χ1n) is 16.2. The van der Waals surface area contributed by atoms with Crippen LogP contribution in [0.25, 0.3) is 0 Å². The molecule has 2 aromatic carbocycles. The van der Waals surface area contributed by atoms with Gasteiger partial charge in [-0.25, -0.2) is 14.8 Å². The minimum atomic E-state index is -4.63. The standard InChI is InChI=1S/C35H39F3N6O6/c1-5-24-16-27(26-17-25(48-4)6-7-29(26)44(24)33(47)50-20-34(2,3)31(45)46)41-32-40-19-30(43-8-10-49-11-9-43)28(42-32)15-21-12-22(18-39)14-23(13-21)35(36,37)38/h6-7,12-14,17,19,24,27H,5,8-11,15-16,20H2,1-4H3,(H,45,46)(H,40,41,42)/t24-,27+/m1/s1. The molecule has 1 aromatic heterocycles. The third-order valence-electron chi connectivity index (χ3n) is 8.87. The molecule has 1 saturated heterocycles. The van der Waals surface area contributed by atoms with Crippen LogP contribution in [0.2, 0.25) is 0 Å². The molecule has 3 heterocycles. The van der Waals surface area contributed by atoms with Gasteiger partial charge in [0.2, 0.25) is 5.95 Å². The van der Waals surface area contributed by atoms with Crippen molar-refractivity contribution in [2.24, 2.45) is 5.41 Å². The summed E-state index contributed by atoms with van der Waals surface area (Å²) >= 11 is 0. The fourth-order valence-electron chi connectivity index (χ4n) is 6.02. The molecular weight excluding hydrogens is 657 g/mol. The number of carboxylic acid groups (broad SMARTS) is 1. The van der Waals surface area contributed by atoms with Gasteiger partial charge in [-0.15, -0.1) is 0 Å². The minimum absolute atomic E-state index is 0.00145. The first-order chi connectivity index (χ1) is 23.7. The van der Waals surface area contributed by atoms with Crippen LogP contribution in [0, 0.1) is 16.7 Å². The number of hydrogen-bond donors (Lipinski definition) is 2. The maximum absolute atomic E-state index is 13.7. The van der Waals surface area contributed by atoms with E-state index in [2.05, 4.69) is 10.3 Å². The van der Waals surface area contributed by atoms with E-state index < -0.39 is 35.3 Å². The van der Waals surface area contributed by atoms with Gasteiger partial charge in [0.15, 0.2) is 0 Å². The van der Waals surface area contributed by atoms with Gasteiger partial charge in [-0.05, 0) is 68.7 Å². The van der Waals surface area contributed by atoms with Crippen molar-refractivity contribution in [3.05, 3.63) is 70.5 Å². The predicted octanol–water partition coefficient (Wildman–Crippen LogP) is 6.19. The number of fused-ring (bicyclic) bond motifs is 1. The van der Waals surface area contributed by atoms with Gasteiger partial charge >= 0.3 is 18.2 Å². The highest BCUT2D eigenvalue weighted by Gasteiger charge is 2.39. The molecule has 3 aromatic rings. The average molecular weight is 697 g/mol. The number of aliphatic carboxylic acids is 1. The van der Waals surface area contributed by atoms with Crippen LogP contribution in [0.4, 0.5) is 35.3 Å². The lowest BCUT2D eigenvalue weighted by atomic mass is 9.90. The first kappa shape index (κ1) is 36.2. The normalized spacial score (nSPS) is 17.8. The number of nitrogens with zero attached hydrogens (tertiary/aromatic N) is 5. The summed E-state index contributed by atoms with van der Waals surface area (Å²) in [5, 5.41) is 22.4. The lowest BCUT2D eigenvalue weighted by Gasteiger charge is -2.40. The number of halogens is 3. The molecule has 266 valence electrons. The third kappa shape index (κ3) is 8.02. The smallest absolute Gasteiger partial charge is 0.416 e. The molecule has 2 aliphatic heterocycles. The Balaban J connectivity index is 1.50. The quantitative estimate of drug-likeness (QED) is 0.250. The predicted molar refractivity (Wildman–Crippen MR) is 177 cm³/mol. The Hall–Kier alpha value is -5.10. The summed E-state index contributed by atoms with van der Waals surface area (Å²) < 4.78 is 57.7. The van der Waals surface area contributed by atoms with E-state index in [-0.39, 0.29) is 36.1 Å². The molecule has 1 amide bonds. The maximum atomic E-state index is 13.7. The Bertz CT molecular complexity index is 1770. The molecule has 2 aliphatic rings. The van der Waals surface area contributed by atoms with Crippen molar-refractivity contribution >= 4 is 29.4 Å². The summed E-state index contributed by atoms with van der Waals surface area (Å²) in [7, 11) is 1.52. The zero-order valence-corrected chi connectivity index (χ0v) is 28.2. The summed E-state index contributed by atoms with van der Waals surface area (Å²) in [5.74, 6) is -0.340. The monoisotopic (exact) mass is 696 g/mol. The zero-order valence-electron chi connectivity index (χ0n) is 28.2. The van der Waals surface area contributed by atoms with Crippen LogP contribution in [0.3, 0.4) is 0 Å². The van der Waals surface area contributed by atoms with Crippen molar-refractivity contribution in [3.63, 3.8) is 0 Å². The molecule has 15 heteroatoms. The number of carboxylic acids is 1. The number of morpholine rings is 1. The molecule has 50 heavy (non-hydrogen) atoms. The molecule has 2 atom stereocenters. The number of ether oxygens (including phenoxy) is 3. The Morgan fingerprint density at radius 1 is 1.14 bits per heavy atom. The van der Waals surface area contributed by atoms with E-state index in [0.29, 0.717) is 67.5 Å². The average Bonchev–Trinajstić information content (AvgIpc) is 3.10. The number of rotatable bonds is 10. The number of methoxy groups -OCH3 is 1. The number of nitrogens with one attached hydrogen (secondary N) is 1. The second-order valence-corrected chi connectivity index (χ2v) is 12.9. The molecule has 5 rings (SSSR count). The van der Waals surface area contributed by atoms with E-state index in [1.807, 2.05) is 17.9 Å². The summed E-state index contributed by atoms with van der Waals surface area (Å²) in [6.45, 7) is 6.56. The number of amides is 1. The SMILES string of the molecule is CC[C@@H]1C[C@H](Nc2ncc(N3CCOCC3)c(Cc3cc(C#N)cc(C(F)(F)F)c3)n2)c2cc(OC)ccc2N1C(=O)OCC(C)(C)C(=O)O. The molecule has 0 aliphatic carbocycles. The summed E-state index contributed by atoms with van der Waals surface area (Å²) in [5.41, 5.74) is 0.294. The van der Waals surface area contributed by atoms with E-state index in [4.69, 9.17) is 19.2 Å². The number of anilines is 3. The van der Waals surface area contributed by atoms with Crippen molar-refractivity contribution in [3.8, 4) is 11.8 Å². The Kier molecular flexibility index (Phi) is 10.7. The Morgan fingerprint density at radius 2 is 1.88 bits per heavy atom. The van der Waals surface area contributed by atoms with E-state index in [0.717, 1.165) is 12.1 Å². The van der Waals surface area contributed by atoms with Gasteiger partial charge in [-0.3, -0.25) is 9.69 Å². The van der Waals surface area contributed by atoms with Gasteiger partial charge in [0.05, 0.1) is 72.2 Å². The fraction of sp³-hybridized carbons (Fsp3) is 0.457. The van der Waals surface area contributed by atoms with Crippen LogP contribution in [0.5, 0.6) is 5.75 Å². The van der Waals surface area contributed by atoms with Crippen molar-refractivity contribution in [1.82, 2.24) is 9.97 Å². The van der Waals surface area contributed by atoms with Crippen LogP contribution in [0.15, 0.2) is 42.6 Å². The maximum Gasteiger partial charge on any atom is 0.416 e. The van der Waals surface area contributed by atoms with Crippen LogP contribution in [0.1, 0.15) is 67.6 Å². The van der Waals surface area contributed by atoms with Crippen LogP contribution < -0.4 is 19.9 Å². The molecule has 0 spiro atoms. The second-order valence-electron chi connectivity index (χ2n) is 12.9. The highest BCUT2D eigenvalue weighted by atomic mass is 19.4. The van der Waals surface area contributed by atoms with E-state index in [9.17, 15) is 33.1 Å². The minimum Gasteiger partial charge on any atom is -0.497 e. The largest absolute Gasteiger partial charge is 0.497 e. The van der Waals surface area contributed by atoms with E-state index in [1.54, 1.807) is 24.4 Å². The number of nitriles is 1. The highest BCUT2D eigenvalue weighted by Crippen LogP contribution is 2.42. The molecule has 12 nitrogen and oxygen atoms in total. The number of benzene rings is 2. The number of carbonyl (C=O) groups is 2. The van der Waals surface area contributed by atoms with E-state index in [1.165, 1.54) is 31.9 Å². The summed E-state index contributed by atoms with van der Waals surface area (Å²) in [6.07, 6.45) is -2.74. The molecule has 0 unspecified atom stereocenters. The van der Waals surface area contributed by atoms with Crippen LogP contribution in [-0.2, 0) is 26.9 Å². The molecule has 0 saturated carbocycles. The van der Waals surface area contributed by atoms with Crippen molar-refractivity contribution in [2.75, 3.05) is 55.1 Å². The number of aromatic nitrogens is 2. The Morgan fingerprint density at radius 3 is 2.52 bits per heavy atom. The molecular formula is C35H39F3N6O6. The number of hydrogen-bond acceptors (Lipinski definition) is 10. The van der Waals surface area contributed by atoms with Gasteiger partial charge < -0.3 is 29.5 Å². The lowest BCUT2D eigenvalue weighted by Crippen LogP contribution is -2.47. The third-order valence-corrected chi connectivity index (χ3v) is 8.87. The molecule has 2 N–H and O–H groups in total. The van der Waals surface area contributed by atoms with Gasteiger partial charge in [-0.2, -0.15) is 18.4 Å². The van der Waals surface area contributed by atoms with Crippen LogP contribution >= 0.6 is 0 Å². The van der Waals surface area contributed by atoms with Crippen molar-refractivity contribution in [1.29, 1.82) is 5.26 Å². The van der Waals surface area contributed by atoms with Crippen LogP contribution in [-0.4, -0.2) is 73.2 Å². The van der Waals surface area contributed by atoms with Crippen molar-refractivity contribution in [2.45, 2.75) is 58.3 Å². The first-order valence-corrected chi connectivity index (χ1v) is 16.2. The van der Waals surface area contributed by atoms with Gasteiger partial charge in [0, 0.05) is 31.1 Å². The van der Waals surface area contributed by atoms with Gasteiger partial charge in [0.25, 0.3) is 0 Å². The van der Waals surface area contributed by atoms with E-state index >= 15 is 0 Å². The van der Waals surface area contributed by atoms with Gasteiger partial charge in [0.1, 0.15) is 12.4 Å². The second kappa shape index (κ2) is 14.8. The summed E-state index contributed by atoms with van der Waals surface area (Å²) in [6, 6.07) is 9.56. The zero-order chi connectivity index (χ0) is 36.2. The van der Waals surface area contributed by atoms with Gasteiger partial charge in [-0.1, -0.05) is 6.92 Å². The lowest BCUT2D eigenvalue weighted by molar-refractivity contribution is -0.149. The highest BCUT2D eigenvalue weighted by molar-refractivity contribution is 5.91.